The molecule has 22 heavy (non-hydrogen) atoms. The number of rotatable bonds is 7. The van der Waals surface area contributed by atoms with Crippen molar-refractivity contribution in [2.75, 3.05) is 19.6 Å². The fraction of sp³-hybridized carbons (Fsp3) is 0.733. The molecule has 0 N–H and O–H groups in total. The van der Waals surface area contributed by atoms with E-state index < -0.39 is 18.0 Å². The molecule has 1 saturated heterocycles. The SMILES string of the molecule is CCCN(CCC)C(=O)C1CCCN1C=CC(=O)C(F)(F)F. The third kappa shape index (κ3) is 5.03. The van der Waals surface area contributed by atoms with Crippen LogP contribution in [0, 0.1) is 0 Å². The van der Waals surface area contributed by atoms with Crippen molar-refractivity contribution in [3.05, 3.63) is 12.3 Å². The lowest BCUT2D eigenvalue weighted by Gasteiger charge is -2.29. The maximum atomic E-state index is 12.5. The Hall–Kier alpha value is -1.53. The molecule has 0 spiro atoms. The van der Waals surface area contributed by atoms with Crippen LogP contribution in [0.5, 0.6) is 0 Å². The molecule has 1 rings (SSSR count). The molecule has 1 unspecified atom stereocenters. The summed E-state index contributed by atoms with van der Waals surface area (Å²) in [7, 11) is 0. The van der Waals surface area contributed by atoms with Crippen LogP contribution in [-0.4, -0.2) is 53.3 Å². The Labute approximate surface area is 128 Å². The van der Waals surface area contributed by atoms with Crippen molar-refractivity contribution in [2.45, 2.75) is 51.7 Å². The topological polar surface area (TPSA) is 40.6 Å². The summed E-state index contributed by atoms with van der Waals surface area (Å²) in [5.74, 6) is -1.96. The lowest BCUT2D eigenvalue weighted by Crippen LogP contribution is -2.44. The van der Waals surface area contributed by atoms with Crippen molar-refractivity contribution < 1.29 is 22.8 Å². The smallest absolute Gasteiger partial charge is 0.365 e. The van der Waals surface area contributed by atoms with Gasteiger partial charge in [0.15, 0.2) is 0 Å². The summed E-state index contributed by atoms with van der Waals surface area (Å²) in [6.45, 7) is 5.73. The number of hydrogen-bond donors (Lipinski definition) is 0. The fourth-order valence-electron chi connectivity index (χ4n) is 2.57. The molecule has 0 saturated carbocycles. The van der Waals surface area contributed by atoms with Gasteiger partial charge in [0.25, 0.3) is 5.78 Å². The molecule has 4 nitrogen and oxygen atoms in total. The molecule has 0 radical (unpaired) electrons. The van der Waals surface area contributed by atoms with Crippen molar-refractivity contribution in [1.29, 1.82) is 0 Å². The van der Waals surface area contributed by atoms with E-state index in [0.717, 1.165) is 25.5 Å². The van der Waals surface area contributed by atoms with Crippen molar-refractivity contribution in [2.24, 2.45) is 0 Å². The molecular weight excluding hydrogens is 297 g/mol. The Morgan fingerprint density at radius 3 is 2.32 bits per heavy atom. The van der Waals surface area contributed by atoms with E-state index in [2.05, 4.69) is 0 Å². The van der Waals surface area contributed by atoms with Crippen molar-refractivity contribution >= 4 is 11.7 Å². The molecule has 1 fully saturated rings. The van der Waals surface area contributed by atoms with Gasteiger partial charge < -0.3 is 9.80 Å². The van der Waals surface area contributed by atoms with E-state index in [9.17, 15) is 22.8 Å². The molecule has 1 heterocycles. The number of likely N-dealkylation sites (tertiary alicyclic amines) is 1. The van der Waals surface area contributed by atoms with Crippen LogP contribution in [0.25, 0.3) is 0 Å². The molecule has 0 aliphatic carbocycles. The quantitative estimate of drug-likeness (QED) is 0.677. The monoisotopic (exact) mass is 320 g/mol. The predicted octanol–water partition coefficient (Wildman–Crippen LogP) is 2.74. The second kappa shape index (κ2) is 8.19. The van der Waals surface area contributed by atoms with Gasteiger partial charge in [0.2, 0.25) is 5.91 Å². The average molecular weight is 320 g/mol. The number of carbonyl (C=O) groups is 2. The molecule has 7 heteroatoms. The summed E-state index contributed by atoms with van der Waals surface area (Å²) in [6, 6.07) is -0.463. The summed E-state index contributed by atoms with van der Waals surface area (Å²) < 4.78 is 36.6. The molecule has 1 amide bonds. The zero-order valence-electron chi connectivity index (χ0n) is 13.0. The van der Waals surface area contributed by atoms with Gasteiger partial charge >= 0.3 is 6.18 Å². The average Bonchev–Trinajstić information content (AvgIpc) is 2.91. The van der Waals surface area contributed by atoms with Gasteiger partial charge in [0, 0.05) is 31.9 Å². The largest absolute Gasteiger partial charge is 0.454 e. The number of alkyl halides is 3. The van der Waals surface area contributed by atoms with Crippen molar-refractivity contribution in [3.8, 4) is 0 Å². The van der Waals surface area contributed by atoms with Gasteiger partial charge in [-0.1, -0.05) is 13.8 Å². The number of allylic oxidation sites excluding steroid dienone is 1. The number of ketones is 1. The van der Waals surface area contributed by atoms with Gasteiger partial charge in [-0.3, -0.25) is 9.59 Å². The highest BCUT2D eigenvalue weighted by atomic mass is 19.4. The maximum Gasteiger partial charge on any atom is 0.454 e. The van der Waals surface area contributed by atoms with Gasteiger partial charge in [0.05, 0.1) is 0 Å². The first-order chi connectivity index (χ1) is 10.3. The molecular formula is C15H23F3N2O2. The highest BCUT2D eigenvalue weighted by Crippen LogP contribution is 2.22. The molecule has 126 valence electrons. The van der Waals surface area contributed by atoms with Crippen molar-refractivity contribution in [1.82, 2.24) is 9.80 Å². The van der Waals surface area contributed by atoms with Gasteiger partial charge in [-0.2, -0.15) is 13.2 Å². The van der Waals surface area contributed by atoms with E-state index in [-0.39, 0.29) is 5.91 Å². The minimum Gasteiger partial charge on any atom is -0.365 e. The third-order valence-electron chi connectivity index (χ3n) is 3.57. The lowest BCUT2D eigenvalue weighted by atomic mass is 10.2. The summed E-state index contributed by atoms with van der Waals surface area (Å²) >= 11 is 0. The lowest BCUT2D eigenvalue weighted by molar-refractivity contribution is -0.165. The molecule has 1 atom stereocenters. The van der Waals surface area contributed by atoms with E-state index in [1.165, 1.54) is 0 Å². The molecule has 0 aromatic rings. The van der Waals surface area contributed by atoms with E-state index in [1.54, 1.807) is 9.80 Å². The molecule has 0 bridgehead atoms. The fourth-order valence-corrected chi connectivity index (χ4v) is 2.57. The maximum absolute atomic E-state index is 12.5. The zero-order chi connectivity index (χ0) is 16.8. The molecule has 1 aliphatic heterocycles. The Kier molecular flexibility index (Phi) is 6.90. The minimum absolute atomic E-state index is 0.0645. The number of halogens is 3. The van der Waals surface area contributed by atoms with Gasteiger partial charge in [-0.25, -0.2) is 0 Å². The zero-order valence-corrected chi connectivity index (χ0v) is 13.0. The molecule has 1 aliphatic rings. The number of amides is 1. The first kappa shape index (κ1) is 18.5. The van der Waals surface area contributed by atoms with Crippen LogP contribution >= 0.6 is 0 Å². The predicted molar refractivity (Wildman–Crippen MR) is 77.1 cm³/mol. The summed E-state index contributed by atoms with van der Waals surface area (Å²) in [5.41, 5.74) is 0. The first-order valence-corrected chi connectivity index (χ1v) is 7.65. The van der Waals surface area contributed by atoms with Crippen LogP contribution in [-0.2, 0) is 9.59 Å². The van der Waals surface area contributed by atoms with Gasteiger partial charge in [-0.15, -0.1) is 0 Å². The summed E-state index contributed by atoms with van der Waals surface area (Å²) in [4.78, 5) is 26.7. The molecule has 0 aromatic heterocycles. The van der Waals surface area contributed by atoms with Crippen LogP contribution < -0.4 is 0 Å². The van der Waals surface area contributed by atoms with Crippen LogP contribution in [0.3, 0.4) is 0 Å². The second-order valence-electron chi connectivity index (χ2n) is 5.40. The highest BCUT2D eigenvalue weighted by Gasteiger charge is 2.37. The van der Waals surface area contributed by atoms with Crippen LogP contribution in [0.15, 0.2) is 12.3 Å². The highest BCUT2D eigenvalue weighted by molar-refractivity contribution is 5.94. The minimum atomic E-state index is -4.87. The standard InChI is InChI=1S/C15H23F3N2O2/c1-3-8-20(9-4-2)14(22)12-6-5-10-19(12)11-7-13(21)15(16,17)18/h7,11-12H,3-6,8-10H2,1-2H3. The Bertz CT molecular complexity index is 416. The third-order valence-corrected chi connectivity index (χ3v) is 3.57. The second-order valence-corrected chi connectivity index (χ2v) is 5.40. The van der Waals surface area contributed by atoms with Crippen molar-refractivity contribution in [3.63, 3.8) is 0 Å². The van der Waals surface area contributed by atoms with Gasteiger partial charge in [-0.05, 0) is 25.7 Å². The Morgan fingerprint density at radius 2 is 1.82 bits per heavy atom. The van der Waals surface area contributed by atoms with Gasteiger partial charge in [0.1, 0.15) is 6.04 Å². The normalized spacial score (nSPS) is 19.0. The van der Waals surface area contributed by atoms with E-state index in [0.29, 0.717) is 32.1 Å². The first-order valence-electron chi connectivity index (χ1n) is 7.65. The molecule has 0 aromatic carbocycles. The van der Waals surface area contributed by atoms with Crippen LogP contribution in [0.2, 0.25) is 0 Å². The Balaban J connectivity index is 2.75. The van der Waals surface area contributed by atoms with E-state index in [1.807, 2.05) is 13.8 Å². The van der Waals surface area contributed by atoms with E-state index >= 15 is 0 Å². The number of carbonyl (C=O) groups excluding carboxylic acids is 2. The van der Waals surface area contributed by atoms with Crippen LogP contribution in [0.1, 0.15) is 39.5 Å². The number of hydrogen-bond acceptors (Lipinski definition) is 3. The number of nitrogens with zero attached hydrogens (tertiary/aromatic N) is 2. The van der Waals surface area contributed by atoms with E-state index in [4.69, 9.17) is 0 Å². The summed E-state index contributed by atoms with van der Waals surface area (Å²) in [5, 5.41) is 0. The summed E-state index contributed by atoms with van der Waals surface area (Å²) in [6.07, 6.45) is -0.245. The Morgan fingerprint density at radius 1 is 1.23 bits per heavy atom. The van der Waals surface area contributed by atoms with Crippen LogP contribution in [0.4, 0.5) is 13.2 Å².